The molecule has 0 atom stereocenters. The Morgan fingerprint density at radius 2 is 0.952 bits per heavy atom. The molecule has 0 aliphatic rings. The first-order valence-corrected chi connectivity index (χ1v) is 7.59. The predicted molar refractivity (Wildman–Crippen MR) is 91.5 cm³/mol. The molecule has 0 unspecified atom stereocenters. The van der Waals surface area contributed by atoms with Crippen LogP contribution in [0.3, 0.4) is 0 Å². The molecule has 2 rings (SSSR count). The minimum Gasteiger partial charge on any atom is -0.496 e. The zero-order chi connectivity index (χ0) is 16.1. The molecule has 0 N–H and O–H groups in total. The Balaban J connectivity index is 0.000000921. The standard InChI is InChI=1S/C15H16O2.2C2H6/c1-16-14-9-5-3-7-12(14)11-13-8-4-6-10-15(13)17-2;2*1-2/h3-10H,11H2,1-2H3;2*1-2H3. The third-order valence-corrected chi connectivity index (χ3v) is 2.77. The summed E-state index contributed by atoms with van der Waals surface area (Å²) >= 11 is 0. The zero-order valence-electron chi connectivity index (χ0n) is 14.1. The van der Waals surface area contributed by atoms with Crippen LogP contribution in [0.25, 0.3) is 0 Å². The van der Waals surface area contributed by atoms with E-state index in [2.05, 4.69) is 12.1 Å². The largest absolute Gasteiger partial charge is 0.496 e. The molecule has 0 radical (unpaired) electrons. The Morgan fingerprint density at radius 3 is 1.29 bits per heavy atom. The van der Waals surface area contributed by atoms with Crippen molar-refractivity contribution in [3.63, 3.8) is 0 Å². The quantitative estimate of drug-likeness (QED) is 0.755. The van der Waals surface area contributed by atoms with Crippen LogP contribution in [0.4, 0.5) is 0 Å². The highest BCUT2D eigenvalue weighted by Gasteiger charge is 2.06. The van der Waals surface area contributed by atoms with Crippen molar-refractivity contribution >= 4 is 0 Å². The third kappa shape index (κ3) is 5.90. The van der Waals surface area contributed by atoms with Gasteiger partial charge in [0.1, 0.15) is 11.5 Å². The lowest BCUT2D eigenvalue weighted by atomic mass is 10.0. The van der Waals surface area contributed by atoms with Crippen LogP contribution in [0.1, 0.15) is 38.8 Å². The number of benzene rings is 2. The van der Waals surface area contributed by atoms with Crippen LogP contribution < -0.4 is 9.47 Å². The van der Waals surface area contributed by atoms with Crippen LogP contribution in [-0.2, 0) is 6.42 Å². The van der Waals surface area contributed by atoms with Gasteiger partial charge in [0.15, 0.2) is 0 Å². The molecule has 0 aliphatic heterocycles. The highest BCUT2D eigenvalue weighted by atomic mass is 16.5. The van der Waals surface area contributed by atoms with E-state index >= 15 is 0 Å². The maximum Gasteiger partial charge on any atom is 0.122 e. The van der Waals surface area contributed by atoms with E-state index in [4.69, 9.17) is 9.47 Å². The molecule has 2 heteroatoms. The van der Waals surface area contributed by atoms with Crippen LogP contribution in [0.15, 0.2) is 48.5 Å². The SMILES string of the molecule is CC.CC.COc1ccccc1Cc1ccccc1OC. The van der Waals surface area contributed by atoms with Gasteiger partial charge in [-0.05, 0) is 23.3 Å². The van der Waals surface area contributed by atoms with Gasteiger partial charge in [0.2, 0.25) is 0 Å². The maximum atomic E-state index is 5.35. The molecule has 0 saturated heterocycles. The van der Waals surface area contributed by atoms with E-state index in [9.17, 15) is 0 Å². The lowest BCUT2D eigenvalue weighted by Gasteiger charge is -2.11. The monoisotopic (exact) mass is 288 g/mol. The normalized spacial score (nSPS) is 8.67. The van der Waals surface area contributed by atoms with Crippen LogP contribution in [0, 0.1) is 0 Å². The summed E-state index contributed by atoms with van der Waals surface area (Å²) in [6, 6.07) is 16.1. The van der Waals surface area contributed by atoms with E-state index in [1.807, 2.05) is 64.1 Å². The molecule has 2 nitrogen and oxygen atoms in total. The van der Waals surface area contributed by atoms with Gasteiger partial charge < -0.3 is 9.47 Å². The van der Waals surface area contributed by atoms with Crippen molar-refractivity contribution < 1.29 is 9.47 Å². The minimum atomic E-state index is 0.814. The lowest BCUT2D eigenvalue weighted by Crippen LogP contribution is -1.96. The third-order valence-electron chi connectivity index (χ3n) is 2.77. The van der Waals surface area contributed by atoms with Crippen LogP contribution in [0.2, 0.25) is 0 Å². The average molecular weight is 288 g/mol. The number of methoxy groups -OCH3 is 2. The highest BCUT2D eigenvalue weighted by Crippen LogP contribution is 2.25. The number of rotatable bonds is 4. The first-order valence-electron chi connectivity index (χ1n) is 7.59. The molecule has 0 aliphatic carbocycles. The zero-order valence-corrected chi connectivity index (χ0v) is 14.1. The van der Waals surface area contributed by atoms with Gasteiger partial charge in [0.05, 0.1) is 14.2 Å². The fourth-order valence-electron chi connectivity index (χ4n) is 1.90. The average Bonchev–Trinajstić information content (AvgIpc) is 2.59. The summed E-state index contributed by atoms with van der Waals surface area (Å²) in [5, 5.41) is 0. The minimum absolute atomic E-state index is 0.814. The van der Waals surface area contributed by atoms with E-state index in [1.165, 1.54) is 11.1 Å². The number of hydrogen-bond acceptors (Lipinski definition) is 2. The van der Waals surface area contributed by atoms with Gasteiger partial charge in [-0.25, -0.2) is 0 Å². The number of hydrogen-bond donors (Lipinski definition) is 0. The van der Waals surface area contributed by atoms with Crippen molar-refractivity contribution in [1.29, 1.82) is 0 Å². The Morgan fingerprint density at radius 1 is 0.619 bits per heavy atom. The molecule has 2 aromatic carbocycles. The van der Waals surface area contributed by atoms with Crippen LogP contribution >= 0.6 is 0 Å². The van der Waals surface area contributed by atoms with Crippen LogP contribution in [-0.4, -0.2) is 14.2 Å². The van der Waals surface area contributed by atoms with Crippen molar-refractivity contribution in [2.24, 2.45) is 0 Å². The van der Waals surface area contributed by atoms with Gasteiger partial charge in [-0.1, -0.05) is 64.1 Å². The first-order chi connectivity index (χ1) is 10.3. The smallest absolute Gasteiger partial charge is 0.122 e. The van der Waals surface area contributed by atoms with Crippen molar-refractivity contribution in [1.82, 2.24) is 0 Å². The molecule has 0 bridgehead atoms. The fraction of sp³-hybridized carbons (Fsp3) is 0.368. The van der Waals surface area contributed by atoms with Gasteiger partial charge in [-0.15, -0.1) is 0 Å². The molecule has 2 aromatic rings. The topological polar surface area (TPSA) is 18.5 Å². The Bertz CT molecular complexity index is 447. The Labute approximate surface area is 129 Å². The summed E-state index contributed by atoms with van der Waals surface area (Å²) in [6.45, 7) is 8.00. The Kier molecular flexibility index (Phi) is 10.7. The molecule has 21 heavy (non-hydrogen) atoms. The molecule has 0 amide bonds. The summed E-state index contributed by atoms with van der Waals surface area (Å²) < 4.78 is 10.7. The molecule has 116 valence electrons. The second-order valence-corrected chi connectivity index (χ2v) is 3.80. The molecule has 0 saturated carbocycles. The molecule has 0 aromatic heterocycles. The van der Waals surface area contributed by atoms with Gasteiger partial charge in [-0.2, -0.15) is 0 Å². The summed E-state index contributed by atoms with van der Waals surface area (Å²) in [4.78, 5) is 0. The van der Waals surface area contributed by atoms with E-state index < -0.39 is 0 Å². The lowest BCUT2D eigenvalue weighted by molar-refractivity contribution is 0.405. The molecular formula is C19H28O2. The maximum absolute atomic E-state index is 5.35. The second kappa shape index (κ2) is 11.8. The van der Waals surface area contributed by atoms with Crippen molar-refractivity contribution in [2.45, 2.75) is 34.1 Å². The van der Waals surface area contributed by atoms with Gasteiger partial charge in [0, 0.05) is 6.42 Å². The van der Waals surface area contributed by atoms with E-state index in [-0.39, 0.29) is 0 Å². The van der Waals surface area contributed by atoms with E-state index in [0.29, 0.717) is 0 Å². The van der Waals surface area contributed by atoms with Crippen molar-refractivity contribution in [2.75, 3.05) is 14.2 Å². The van der Waals surface area contributed by atoms with Crippen molar-refractivity contribution in [3.05, 3.63) is 59.7 Å². The number of ether oxygens (including phenoxy) is 2. The molecule has 0 spiro atoms. The van der Waals surface area contributed by atoms with Gasteiger partial charge >= 0.3 is 0 Å². The summed E-state index contributed by atoms with van der Waals surface area (Å²) in [7, 11) is 3.39. The summed E-state index contributed by atoms with van der Waals surface area (Å²) in [5.74, 6) is 1.83. The van der Waals surface area contributed by atoms with E-state index in [1.54, 1.807) is 14.2 Å². The van der Waals surface area contributed by atoms with Gasteiger partial charge in [-0.3, -0.25) is 0 Å². The predicted octanol–water partition coefficient (Wildman–Crippen LogP) is 5.35. The fourth-order valence-corrected chi connectivity index (χ4v) is 1.90. The van der Waals surface area contributed by atoms with Crippen molar-refractivity contribution in [3.8, 4) is 11.5 Å². The molecule has 0 fully saturated rings. The molecular weight excluding hydrogens is 260 g/mol. The summed E-state index contributed by atoms with van der Waals surface area (Å²) in [5.41, 5.74) is 2.33. The second-order valence-electron chi connectivity index (χ2n) is 3.80. The van der Waals surface area contributed by atoms with Gasteiger partial charge in [0.25, 0.3) is 0 Å². The summed E-state index contributed by atoms with van der Waals surface area (Å²) in [6.07, 6.45) is 0.814. The first kappa shape index (κ1) is 19.0. The molecule has 0 heterocycles. The Hall–Kier alpha value is -1.96. The highest BCUT2D eigenvalue weighted by molar-refractivity contribution is 5.42. The number of para-hydroxylation sites is 2. The van der Waals surface area contributed by atoms with Crippen LogP contribution in [0.5, 0.6) is 11.5 Å². The van der Waals surface area contributed by atoms with E-state index in [0.717, 1.165) is 17.9 Å².